The smallest absolute Gasteiger partial charge is 0.254 e. The van der Waals surface area contributed by atoms with E-state index in [1.165, 1.54) is 5.56 Å². The third-order valence-electron chi connectivity index (χ3n) is 5.91. The van der Waals surface area contributed by atoms with Crippen molar-refractivity contribution in [3.63, 3.8) is 0 Å². The average molecular weight is 455 g/mol. The van der Waals surface area contributed by atoms with Gasteiger partial charge in [0.2, 0.25) is 5.91 Å². The molecule has 0 aromatic heterocycles. The zero-order valence-electron chi connectivity index (χ0n) is 22.6. The first-order valence-electron chi connectivity index (χ1n) is 12.6. The number of carbonyl (C=O) groups is 2. The number of hydrogen-bond acceptors (Lipinski definition) is 2. The van der Waals surface area contributed by atoms with Gasteiger partial charge in [-0.05, 0) is 59.6 Å². The molecule has 0 bridgehead atoms. The molecule has 0 saturated carbocycles. The lowest BCUT2D eigenvalue weighted by Gasteiger charge is -2.39. The lowest BCUT2D eigenvalue weighted by Crippen LogP contribution is -2.49. The summed E-state index contributed by atoms with van der Waals surface area (Å²) < 4.78 is 0. The largest absolute Gasteiger partial charge is 0.337 e. The van der Waals surface area contributed by atoms with Gasteiger partial charge in [0.05, 0.1) is 5.92 Å². The number of hydrogen-bond donors (Lipinski definition) is 0. The van der Waals surface area contributed by atoms with Crippen LogP contribution in [0, 0.1) is 11.8 Å². The number of carbonyl (C=O) groups excluding carboxylic acids is 2. The van der Waals surface area contributed by atoms with E-state index < -0.39 is 0 Å². The van der Waals surface area contributed by atoms with Crippen molar-refractivity contribution in [2.75, 3.05) is 13.1 Å². The Morgan fingerprint density at radius 2 is 1.33 bits per heavy atom. The fourth-order valence-corrected chi connectivity index (χ4v) is 4.24. The van der Waals surface area contributed by atoms with Gasteiger partial charge in [-0.15, -0.1) is 0 Å². The second-order valence-corrected chi connectivity index (χ2v) is 10.1. The highest BCUT2D eigenvalue weighted by Crippen LogP contribution is 2.33. The van der Waals surface area contributed by atoms with E-state index in [1.807, 2.05) is 80.0 Å². The lowest BCUT2D eigenvalue weighted by atomic mass is 9.92. The summed E-state index contributed by atoms with van der Waals surface area (Å²) in [6.07, 6.45) is 9.16. The molecule has 3 aliphatic rings. The Bertz CT molecular complexity index is 840. The van der Waals surface area contributed by atoms with E-state index in [0.29, 0.717) is 5.92 Å². The normalized spacial score (nSPS) is 21.0. The number of allylic oxidation sites excluding steroid dienone is 2. The third-order valence-corrected chi connectivity index (χ3v) is 5.91. The highest BCUT2D eigenvalue weighted by atomic mass is 16.2. The number of benzene rings is 1. The number of nitrogens with zero attached hydrogens (tertiary/aromatic N) is 2. The van der Waals surface area contributed by atoms with E-state index in [2.05, 4.69) is 47.6 Å². The summed E-state index contributed by atoms with van der Waals surface area (Å²) in [5.41, 5.74) is 1.93. The maximum absolute atomic E-state index is 12.2. The van der Waals surface area contributed by atoms with E-state index in [1.54, 1.807) is 0 Å². The highest BCUT2D eigenvalue weighted by molar-refractivity contribution is 5.97. The van der Waals surface area contributed by atoms with Gasteiger partial charge in [-0.25, -0.2) is 0 Å². The number of likely N-dealkylation sites (tertiary alicyclic amines) is 1. The molecule has 2 aliphatic heterocycles. The molecule has 2 atom stereocenters. The summed E-state index contributed by atoms with van der Waals surface area (Å²) in [5.74, 6) is 0.943. The van der Waals surface area contributed by atoms with E-state index in [0.717, 1.165) is 25.1 Å². The Kier molecular flexibility index (Phi) is 10.6. The van der Waals surface area contributed by atoms with Gasteiger partial charge in [-0.1, -0.05) is 70.2 Å². The first-order chi connectivity index (χ1) is 15.5. The predicted octanol–water partition coefficient (Wildman–Crippen LogP) is 6.52. The van der Waals surface area contributed by atoms with Crippen LogP contribution in [0.15, 0.2) is 48.6 Å². The topological polar surface area (TPSA) is 40.6 Å². The van der Waals surface area contributed by atoms with E-state index in [4.69, 9.17) is 0 Å². The van der Waals surface area contributed by atoms with Crippen molar-refractivity contribution in [3.05, 3.63) is 59.7 Å². The molecule has 4 rings (SSSR count). The number of rotatable bonds is 0. The van der Waals surface area contributed by atoms with Crippen LogP contribution in [0.25, 0.3) is 0 Å². The minimum atomic E-state index is -0.0788. The second kappa shape index (κ2) is 12.2. The van der Waals surface area contributed by atoms with Crippen LogP contribution in [0.1, 0.15) is 85.2 Å². The van der Waals surface area contributed by atoms with Crippen LogP contribution in [-0.2, 0) is 11.2 Å². The van der Waals surface area contributed by atoms with Crippen LogP contribution < -0.4 is 0 Å². The summed E-state index contributed by atoms with van der Waals surface area (Å²) in [6, 6.07) is 7.91. The zero-order chi connectivity index (χ0) is 25.4. The number of fused-ring (bicyclic) bond motifs is 2. The summed E-state index contributed by atoms with van der Waals surface area (Å²) in [6.45, 7) is 22.2. The Balaban J connectivity index is 0.000000288. The molecule has 2 unspecified atom stereocenters. The van der Waals surface area contributed by atoms with Gasteiger partial charge >= 0.3 is 0 Å². The van der Waals surface area contributed by atoms with Gasteiger partial charge in [-0.3, -0.25) is 9.59 Å². The molecule has 1 saturated heterocycles. The van der Waals surface area contributed by atoms with E-state index in [9.17, 15) is 9.59 Å². The summed E-state index contributed by atoms with van der Waals surface area (Å²) >= 11 is 0. The molecule has 1 aromatic carbocycles. The molecule has 4 heteroatoms. The monoisotopic (exact) mass is 454 g/mol. The van der Waals surface area contributed by atoms with Crippen LogP contribution in [0.2, 0.25) is 0 Å². The lowest BCUT2D eigenvalue weighted by molar-refractivity contribution is -0.133. The molecule has 1 fully saturated rings. The molecular weight excluding hydrogens is 408 g/mol. The van der Waals surface area contributed by atoms with Crippen molar-refractivity contribution < 1.29 is 9.59 Å². The zero-order valence-corrected chi connectivity index (χ0v) is 22.6. The maximum Gasteiger partial charge on any atom is 0.254 e. The van der Waals surface area contributed by atoms with Gasteiger partial charge < -0.3 is 9.80 Å². The van der Waals surface area contributed by atoms with Gasteiger partial charge in [-0.2, -0.15) is 0 Å². The molecule has 2 heterocycles. The van der Waals surface area contributed by atoms with Crippen LogP contribution >= 0.6 is 0 Å². The second-order valence-electron chi connectivity index (χ2n) is 10.1. The van der Waals surface area contributed by atoms with Gasteiger partial charge in [0, 0.05) is 35.6 Å². The molecule has 2 amide bonds. The average Bonchev–Trinajstić information content (AvgIpc) is 3.14. The van der Waals surface area contributed by atoms with Crippen LogP contribution in [-0.4, -0.2) is 45.8 Å². The van der Waals surface area contributed by atoms with E-state index in [-0.39, 0.29) is 28.8 Å². The maximum atomic E-state index is 12.2. The van der Waals surface area contributed by atoms with Crippen LogP contribution in [0.4, 0.5) is 0 Å². The molecule has 0 N–H and O–H groups in total. The van der Waals surface area contributed by atoms with Crippen molar-refractivity contribution in [2.45, 2.75) is 86.7 Å². The Labute approximate surface area is 202 Å². The molecule has 1 aromatic rings. The molecule has 184 valence electrons. The standard InChI is InChI=1S/C13H17NO.C12H17NO.2C2H6/c1-13(2,3)14-9-8-10-6-4-5-7-11(10)12(14)15;1-12(2,3)13-8-9-6-4-5-7-10(9)11(13)14;2*1-2/h4-7H,8-9H2,1-3H3;4-7,9-10H,8H2,1-3H3;2*1-2H3. The van der Waals surface area contributed by atoms with Gasteiger partial charge in [0.1, 0.15) is 0 Å². The highest BCUT2D eigenvalue weighted by Gasteiger charge is 2.42. The molecule has 1 aliphatic carbocycles. The van der Waals surface area contributed by atoms with Crippen LogP contribution in [0.3, 0.4) is 0 Å². The SMILES string of the molecule is CC.CC.CC(C)(C)N1CC2C=CC=CC2C1=O.CC(C)(C)N1CCc2ccccc2C1=O. The van der Waals surface area contributed by atoms with Crippen molar-refractivity contribution in [2.24, 2.45) is 11.8 Å². The van der Waals surface area contributed by atoms with Crippen molar-refractivity contribution >= 4 is 11.8 Å². The van der Waals surface area contributed by atoms with Crippen molar-refractivity contribution in [3.8, 4) is 0 Å². The first kappa shape index (κ1) is 28.7. The molecular formula is C29H46N2O2. The Morgan fingerprint density at radius 1 is 0.788 bits per heavy atom. The van der Waals surface area contributed by atoms with Crippen molar-refractivity contribution in [1.29, 1.82) is 0 Å². The predicted molar refractivity (Wildman–Crippen MR) is 140 cm³/mol. The Morgan fingerprint density at radius 3 is 1.88 bits per heavy atom. The van der Waals surface area contributed by atoms with E-state index >= 15 is 0 Å². The summed E-state index contributed by atoms with van der Waals surface area (Å²) in [5, 5.41) is 0. The van der Waals surface area contributed by atoms with Crippen molar-refractivity contribution in [1.82, 2.24) is 9.80 Å². The minimum Gasteiger partial charge on any atom is -0.337 e. The summed E-state index contributed by atoms with van der Waals surface area (Å²) in [4.78, 5) is 28.2. The Hall–Kier alpha value is -2.36. The fraction of sp³-hybridized carbons (Fsp3) is 0.586. The van der Waals surface area contributed by atoms with Gasteiger partial charge in [0.15, 0.2) is 0 Å². The van der Waals surface area contributed by atoms with Crippen LogP contribution in [0.5, 0.6) is 0 Å². The molecule has 0 radical (unpaired) electrons. The third kappa shape index (κ3) is 7.06. The quantitative estimate of drug-likeness (QED) is 0.448. The summed E-state index contributed by atoms with van der Waals surface area (Å²) in [7, 11) is 0. The first-order valence-corrected chi connectivity index (χ1v) is 12.6. The fourth-order valence-electron chi connectivity index (χ4n) is 4.24. The number of amides is 2. The molecule has 4 nitrogen and oxygen atoms in total. The molecule has 33 heavy (non-hydrogen) atoms. The minimum absolute atomic E-state index is 0.0455. The molecule has 0 spiro atoms. The van der Waals surface area contributed by atoms with Gasteiger partial charge in [0.25, 0.3) is 5.91 Å².